The molecule has 3 aromatic rings. The summed E-state index contributed by atoms with van der Waals surface area (Å²) in [5.74, 6) is 0.566. The number of rotatable bonds is 7. The SMILES string of the molecule is CCOc1ccc([C@H]2c3c(c4ccccc4n3CC)C[C@@H](C(=O)O)N2CC)cc1OC. The van der Waals surface area contributed by atoms with E-state index in [2.05, 4.69) is 28.5 Å². The zero-order chi connectivity index (χ0) is 22.1. The summed E-state index contributed by atoms with van der Waals surface area (Å²) in [6.45, 7) is 8.10. The number of hydrogen-bond acceptors (Lipinski definition) is 4. The van der Waals surface area contributed by atoms with Crippen LogP contribution in [0.25, 0.3) is 10.9 Å². The Morgan fingerprint density at radius 2 is 1.87 bits per heavy atom. The van der Waals surface area contributed by atoms with Gasteiger partial charge in [-0.05, 0) is 49.7 Å². The molecule has 1 aliphatic rings. The van der Waals surface area contributed by atoms with Crippen molar-refractivity contribution in [2.45, 2.75) is 45.8 Å². The Balaban J connectivity index is 1.99. The lowest BCUT2D eigenvalue weighted by atomic mass is 9.87. The normalized spacial score (nSPS) is 18.7. The number of carbonyl (C=O) groups is 1. The van der Waals surface area contributed by atoms with Crippen molar-refractivity contribution < 1.29 is 19.4 Å². The molecule has 2 aromatic carbocycles. The standard InChI is InChI=1S/C25H30N2O4/c1-5-26-19-11-9-8-10-17(19)18-15-20(25(28)29)27(6-2)23(24(18)26)16-12-13-21(31-7-3)22(14-16)30-4/h8-14,20,23H,5-7,15H2,1-4H3,(H,28,29)/t20-,23-/m0/s1. The van der Waals surface area contributed by atoms with E-state index in [-0.39, 0.29) is 6.04 Å². The number of fused-ring (bicyclic) bond motifs is 3. The minimum Gasteiger partial charge on any atom is -0.493 e. The molecule has 6 nitrogen and oxygen atoms in total. The zero-order valence-corrected chi connectivity index (χ0v) is 18.6. The molecule has 0 amide bonds. The topological polar surface area (TPSA) is 63.9 Å². The van der Waals surface area contributed by atoms with E-state index in [0.29, 0.717) is 31.1 Å². The first-order valence-corrected chi connectivity index (χ1v) is 10.9. The van der Waals surface area contributed by atoms with Crippen LogP contribution in [0.3, 0.4) is 0 Å². The van der Waals surface area contributed by atoms with E-state index in [1.807, 2.05) is 44.2 Å². The molecule has 0 saturated heterocycles. The molecule has 4 rings (SSSR count). The minimum atomic E-state index is -0.788. The predicted molar refractivity (Wildman–Crippen MR) is 121 cm³/mol. The summed E-state index contributed by atoms with van der Waals surface area (Å²) in [5.41, 5.74) is 4.47. The van der Waals surface area contributed by atoms with Crippen molar-refractivity contribution >= 4 is 16.9 Å². The van der Waals surface area contributed by atoms with Crippen LogP contribution < -0.4 is 9.47 Å². The van der Waals surface area contributed by atoms with Crippen molar-refractivity contribution in [1.29, 1.82) is 0 Å². The van der Waals surface area contributed by atoms with E-state index < -0.39 is 12.0 Å². The number of benzene rings is 2. The average molecular weight is 423 g/mol. The number of aliphatic carboxylic acids is 1. The highest BCUT2D eigenvalue weighted by Crippen LogP contribution is 2.44. The van der Waals surface area contributed by atoms with Crippen LogP contribution in [-0.2, 0) is 17.8 Å². The van der Waals surface area contributed by atoms with Crippen LogP contribution >= 0.6 is 0 Å². The molecule has 6 heteroatoms. The molecule has 0 spiro atoms. The molecule has 2 atom stereocenters. The minimum absolute atomic E-state index is 0.188. The van der Waals surface area contributed by atoms with Gasteiger partial charge in [0.15, 0.2) is 11.5 Å². The molecule has 1 aromatic heterocycles. The Labute approximate surface area is 183 Å². The number of carboxylic acids is 1. The third-order valence-corrected chi connectivity index (χ3v) is 6.28. The number of likely N-dealkylation sites (N-methyl/N-ethyl adjacent to an activating group) is 1. The van der Waals surface area contributed by atoms with Crippen molar-refractivity contribution in [1.82, 2.24) is 9.47 Å². The van der Waals surface area contributed by atoms with Gasteiger partial charge in [-0.15, -0.1) is 0 Å². The van der Waals surface area contributed by atoms with Gasteiger partial charge in [-0.25, -0.2) is 0 Å². The monoisotopic (exact) mass is 422 g/mol. The Morgan fingerprint density at radius 3 is 2.52 bits per heavy atom. The third-order valence-electron chi connectivity index (χ3n) is 6.28. The van der Waals surface area contributed by atoms with Gasteiger partial charge in [-0.1, -0.05) is 31.2 Å². The number of aryl methyl sites for hydroxylation is 1. The highest BCUT2D eigenvalue weighted by atomic mass is 16.5. The summed E-state index contributed by atoms with van der Waals surface area (Å²) in [4.78, 5) is 14.4. The maximum absolute atomic E-state index is 12.3. The fraction of sp³-hybridized carbons (Fsp3) is 0.400. The van der Waals surface area contributed by atoms with Crippen LogP contribution in [0.15, 0.2) is 42.5 Å². The van der Waals surface area contributed by atoms with E-state index in [1.165, 1.54) is 5.69 Å². The van der Waals surface area contributed by atoms with Gasteiger partial charge in [0.25, 0.3) is 0 Å². The number of para-hydroxylation sites is 1. The molecule has 2 heterocycles. The molecule has 0 radical (unpaired) electrons. The molecule has 0 unspecified atom stereocenters. The summed E-state index contributed by atoms with van der Waals surface area (Å²) >= 11 is 0. The largest absolute Gasteiger partial charge is 0.493 e. The second-order valence-corrected chi connectivity index (χ2v) is 7.76. The van der Waals surface area contributed by atoms with E-state index in [9.17, 15) is 9.90 Å². The second-order valence-electron chi connectivity index (χ2n) is 7.76. The highest BCUT2D eigenvalue weighted by Gasteiger charge is 2.41. The van der Waals surface area contributed by atoms with Gasteiger partial charge in [0, 0.05) is 29.6 Å². The summed E-state index contributed by atoms with van der Waals surface area (Å²) in [5, 5.41) is 11.2. The lowest BCUT2D eigenvalue weighted by molar-refractivity contribution is -0.144. The van der Waals surface area contributed by atoms with Crippen molar-refractivity contribution in [2.24, 2.45) is 0 Å². The summed E-state index contributed by atoms with van der Waals surface area (Å²) in [7, 11) is 1.63. The Morgan fingerprint density at radius 1 is 1.10 bits per heavy atom. The highest BCUT2D eigenvalue weighted by molar-refractivity contribution is 5.88. The number of carboxylic acid groups (broad SMARTS) is 1. The molecule has 1 N–H and O–H groups in total. The summed E-state index contributed by atoms with van der Waals surface area (Å²) < 4.78 is 13.6. The van der Waals surface area contributed by atoms with Crippen molar-refractivity contribution in [3.05, 3.63) is 59.3 Å². The number of nitrogens with zero attached hydrogens (tertiary/aromatic N) is 2. The van der Waals surface area contributed by atoms with Gasteiger partial charge >= 0.3 is 5.97 Å². The van der Waals surface area contributed by atoms with Crippen LogP contribution in [0.1, 0.15) is 43.6 Å². The van der Waals surface area contributed by atoms with Crippen LogP contribution in [0.5, 0.6) is 11.5 Å². The lowest BCUT2D eigenvalue weighted by Gasteiger charge is -2.41. The van der Waals surface area contributed by atoms with Crippen LogP contribution in [0, 0.1) is 0 Å². The van der Waals surface area contributed by atoms with Gasteiger partial charge in [-0.3, -0.25) is 9.69 Å². The van der Waals surface area contributed by atoms with Crippen molar-refractivity contribution in [2.75, 3.05) is 20.3 Å². The van der Waals surface area contributed by atoms with E-state index >= 15 is 0 Å². The Hall–Kier alpha value is -2.99. The van der Waals surface area contributed by atoms with Crippen LogP contribution in [0.2, 0.25) is 0 Å². The number of methoxy groups -OCH3 is 1. The van der Waals surface area contributed by atoms with Gasteiger partial charge in [0.05, 0.1) is 19.8 Å². The molecule has 0 fully saturated rings. The van der Waals surface area contributed by atoms with Gasteiger partial charge in [0.2, 0.25) is 0 Å². The molecule has 0 aliphatic carbocycles. The van der Waals surface area contributed by atoms with Gasteiger partial charge < -0.3 is 19.1 Å². The number of hydrogen-bond donors (Lipinski definition) is 1. The Bertz CT molecular complexity index is 1100. The fourth-order valence-electron chi connectivity index (χ4n) is 5.02. The molecular weight excluding hydrogens is 392 g/mol. The van der Waals surface area contributed by atoms with Gasteiger partial charge in [-0.2, -0.15) is 0 Å². The van der Waals surface area contributed by atoms with Gasteiger partial charge in [0.1, 0.15) is 6.04 Å². The number of ether oxygens (including phenoxy) is 2. The Kier molecular flexibility index (Phi) is 5.92. The molecule has 0 bridgehead atoms. The van der Waals surface area contributed by atoms with Crippen LogP contribution in [0.4, 0.5) is 0 Å². The summed E-state index contributed by atoms with van der Waals surface area (Å²) in [6.07, 6.45) is 0.497. The first-order chi connectivity index (χ1) is 15.0. The fourth-order valence-corrected chi connectivity index (χ4v) is 5.02. The predicted octanol–water partition coefficient (Wildman–Crippen LogP) is 4.49. The first-order valence-electron chi connectivity index (χ1n) is 10.9. The third kappa shape index (κ3) is 3.45. The second kappa shape index (κ2) is 8.63. The average Bonchev–Trinajstić information content (AvgIpc) is 3.11. The van der Waals surface area contributed by atoms with Crippen molar-refractivity contribution in [3.63, 3.8) is 0 Å². The molecule has 31 heavy (non-hydrogen) atoms. The lowest BCUT2D eigenvalue weighted by Crippen LogP contribution is -2.48. The first kappa shape index (κ1) is 21.2. The van der Waals surface area contributed by atoms with E-state index in [1.54, 1.807) is 7.11 Å². The van der Waals surface area contributed by atoms with Crippen molar-refractivity contribution in [3.8, 4) is 11.5 Å². The zero-order valence-electron chi connectivity index (χ0n) is 18.6. The molecule has 0 saturated carbocycles. The maximum atomic E-state index is 12.3. The smallest absolute Gasteiger partial charge is 0.321 e. The number of aromatic nitrogens is 1. The van der Waals surface area contributed by atoms with Crippen LogP contribution in [-0.4, -0.2) is 46.8 Å². The van der Waals surface area contributed by atoms with E-state index in [0.717, 1.165) is 28.6 Å². The van der Waals surface area contributed by atoms with E-state index in [4.69, 9.17) is 9.47 Å². The quantitative estimate of drug-likeness (QED) is 0.608. The molecule has 164 valence electrons. The molecular formula is C25H30N2O4. The summed E-state index contributed by atoms with van der Waals surface area (Å²) in [6, 6.07) is 13.5. The maximum Gasteiger partial charge on any atom is 0.321 e. The molecule has 1 aliphatic heterocycles.